The number of ether oxygens (including phenoxy) is 3. The monoisotopic (exact) mass is 411 g/mol. The third kappa shape index (κ3) is 4.90. The van der Waals surface area contributed by atoms with E-state index in [0.717, 1.165) is 17.0 Å². The van der Waals surface area contributed by atoms with Gasteiger partial charge in [-0.2, -0.15) is 0 Å². The van der Waals surface area contributed by atoms with Crippen molar-refractivity contribution in [3.05, 3.63) is 83.8 Å². The van der Waals surface area contributed by atoms with Crippen LogP contribution in [0, 0.1) is 11.8 Å². The average Bonchev–Trinajstić information content (AvgIpc) is 2.83. The summed E-state index contributed by atoms with van der Waals surface area (Å²) in [4.78, 5) is 13.7. The van der Waals surface area contributed by atoms with Crippen molar-refractivity contribution in [1.82, 2.24) is 15.0 Å². The van der Waals surface area contributed by atoms with Gasteiger partial charge in [0, 0.05) is 23.9 Å². The van der Waals surface area contributed by atoms with Gasteiger partial charge in [-0.05, 0) is 54.5 Å². The Bertz CT molecular complexity index is 1230. The van der Waals surface area contributed by atoms with Crippen molar-refractivity contribution in [1.29, 1.82) is 0 Å². The third-order valence-corrected chi connectivity index (χ3v) is 4.58. The summed E-state index contributed by atoms with van der Waals surface area (Å²) >= 11 is 0. The van der Waals surface area contributed by atoms with Gasteiger partial charge in [0.15, 0.2) is 5.69 Å². The number of pyridine rings is 1. The SMILES string of the molecule is COc1ccc(C#Cc2nc3cccc(OC)c3nc2OCCc2ccccn2)cc1. The summed E-state index contributed by atoms with van der Waals surface area (Å²) in [6.45, 7) is 0.406. The molecule has 0 aliphatic rings. The third-order valence-electron chi connectivity index (χ3n) is 4.58. The molecule has 0 N–H and O–H groups in total. The zero-order valence-corrected chi connectivity index (χ0v) is 17.3. The van der Waals surface area contributed by atoms with Gasteiger partial charge in [-0.1, -0.05) is 18.1 Å². The molecule has 0 radical (unpaired) electrons. The van der Waals surface area contributed by atoms with Crippen LogP contribution >= 0.6 is 0 Å². The van der Waals surface area contributed by atoms with Crippen molar-refractivity contribution in [2.75, 3.05) is 20.8 Å². The van der Waals surface area contributed by atoms with Gasteiger partial charge in [0.25, 0.3) is 0 Å². The van der Waals surface area contributed by atoms with Gasteiger partial charge in [-0.15, -0.1) is 0 Å². The summed E-state index contributed by atoms with van der Waals surface area (Å²) in [5.74, 6) is 8.00. The molecule has 0 amide bonds. The quantitative estimate of drug-likeness (QED) is 0.446. The molecule has 0 atom stereocenters. The predicted molar refractivity (Wildman–Crippen MR) is 119 cm³/mol. The fourth-order valence-corrected chi connectivity index (χ4v) is 2.99. The first-order valence-corrected chi connectivity index (χ1v) is 9.80. The fraction of sp³-hybridized carbons (Fsp3) is 0.160. The van der Waals surface area contributed by atoms with Gasteiger partial charge in [-0.25, -0.2) is 9.97 Å². The molecule has 0 aliphatic heterocycles. The van der Waals surface area contributed by atoms with Crippen molar-refractivity contribution in [3.63, 3.8) is 0 Å². The minimum Gasteiger partial charge on any atom is -0.497 e. The summed E-state index contributed by atoms with van der Waals surface area (Å²) in [5, 5.41) is 0. The highest BCUT2D eigenvalue weighted by molar-refractivity contribution is 5.82. The number of aromatic nitrogens is 3. The second kappa shape index (κ2) is 9.59. The van der Waals surface area contributed by atoms with E-state index in [-0.39, 0.29) is 0 Å². The summed E-state index contributed by atoms with van der Waals surface area (Å²) in [7, 11) is 3.24. The van der Waals surface area contributed by atoms with Crippen LogP contribution in [0.15, 0.2) is 66.9 Å². The number of nitrogens with zero attached hydrogens (tertiary/aromatic N) is 3. The number of hydrogen-bond acceptors (Lipinski definition) is 6. The molecule has 2 aromatic carbocycles. The van der Waals surface area contributed by atoms with Crippen molar-refractivity contribution in [3.8, 4) is 29.2 Å². The van der Waals surface area contributed by atoms with E-state index < -0.39 is 0 Å². The van der Waals surface area contributed by atoms with Gasteiger partial charge < -0.3 is 14.2 Å². The summed E-state index contributed by atoms with van der Waals surface area (Å²) in [6, 6.07) is 18.9. The molecule has 6 nitrogen and oxygen atoms in total. The molecule has 0 fully saturated rings. The Labute approximate surface area is 180 Å². The molecule has 154 valence electrons. The summed E-state index contributed by atoms with van der Waals surface area (Å²) in [5.41, 5.74) is 3.58. The standard InChI is InChI=1S/C25H21N3O3/c1-29-20-12-9-18(10-13-20)11-14-22-25(31-17-15-19-6-3-4-16-26-19)28-24-21(27-22)7-5-8-23(24)30-2/h3-10,12-13,16H,15,17H2,1-2H3. The molecule has 4 aromatic rings. The smallest absolute Gasteiger partial charge is 0.249 e. The molecule has 0 saturated heterocycles. The van der Waals surface area contributed by atoms with E-state index in [1.165, 1.54) is 0 Å². The molecule has 6 heteroatoms. The number of hydrogen-bond donors (Lipinski definition) is 0. The maximum atomic E-state index is 5.98. The van der Waals surface area contributed by atoms with Gasteiger partial charge in [-0.3, -0.25) is 4.98 Å². The Balaban J connectivity index is 1.66. The highest BCUT2D eigenvalue weighted by Gasteiger charge is 2.12. The highest BCUT2D eigenvalue weighted by Crippen LogP contribution is 2.26. The molecule has 31 heavy (non-hydrogen) atoms. The summed E-state index contributed by atoms with van der Waals surface area (Å²) < 4.78 is 16.6. The molecule has 0 bridgehead atoms. The van der Waals surface area contributed by atoms with Crippen molar-refractivity contribution < 1.29 is 14.2 Å². The van der Waals surface area contributed by atoms with E-state index in [4.69, 9.17) is 14.2 Å². The Morgan fingerprint density at radius 3 is 2.45 bits per heavy atom. The maximum Gasteiger partial charge on any atom is 0.249 e. The van der Waals surface area contributed by atoms with E-state index in [1.807, 2.05) is 60.7 Å². The first-order valence-electron chi connectivity index (χ1n) is 9.80. The number of para-hydroxylation sites is 1. The van der Waals surface area contributed by atoms with Crippen LogP contribution in [0.3, 0.4) is 0 Å². The lowest BCUT2D eigenvalue weighted by Crippen LogP contribution is -2.07. The Kier molecular flexibility index (Phi) is 6.24. The van der Waals surface area contributed by atoms with Crippen molar-refractivity contribution >= 4 is 11.0 Å². The lowest BCUT2D eigenvalue weighted by Gasteiger charge is -2.10. The largest absolute Gasteiger partial charge is 0.497 e. The molecule has 2 heterocycles. The van der Waals surface area contributed by atoms with Gasteiger partial charge in [0.05, 0.1) is 26.3 Å². The highest BCUT2D eigenvalue weighted by atomic mass is 16.5. The van der Waals surface area contributed by atoms with Crippen LogP contribution in [-0.4, -0.2) is 35.8 Å². The van der Waals surface area contributed by atoms with E-state index in [0.29, 0.717) is 41.4 Å². The number of fused-ring (bicyclic) bond motifs is 1. The number of methoxy groups -OCH3 is 2. The van der Waals surface area contributed by atoms with E-state index in [1.54, 1.807) is 20.4 Å². The van der Waals surface area contributed by atoms with Crippen LogP contribution in [0.25, 0.3) is 11.0 Å². The molecule has 0 unspecified atom stereocenters. The Morgan fingerprint density at radius 2 is 1.71 bits per heavy atom. The van der Waals surface area contributed by atoms with E-state index in [9.17, 15) is 0 Å². The number of benzene rings is 2. The molecule has 0 saturated carbocycles. The lowest BCUT2D eigenvalue weighted by molar-refractivity contribution is 0.306. The normalized spacial score (nSPS) is 10.3. The first kappa shape index (κ1) is 20.2. The second-order valence-electron chi connectivity index (χ2n) is 6.60. The van der Waals surface area contributed by atoms with E-state index in [2.05, 4.69) is 26.8 Å². The van der Waals surface area contributed by atoms with E-state index >= 15 is 0 Å². The second-order valence-corrected chi connectivity index (χ2v) is 6.60. The minimum atomic E-state index is 0.369. The number of rotatable bonds is 6. The zero-order chi connectivity index (χ0) is 21.5. The maximum absolute atomic E-state index is 5.98. The van der Waals surface area contributed by atoms with Crippen molar-refractivity contribution in [2.45, 2.75) is 6.42 Å². The van der Waals surface area contributed by atoms with Crippen LogP contribution in [0.2, 0.25) is 0 Å². The first-order chi connectivity index (χ1) is 15.3. The van der Waals surface area contributed by atoms with Crippen LogP contribution in [-0.2, 0) is 6.42 Å². The zero-order valence-electron chi connectivity index (χ0n) is 17.3. The topological polar surface area (TPSA) is 66.4 Å². The summed E-state index contributed by atoms with van der Waals surface area (Å²) in [6.07, 6.45) is 2.42. The predicted octanol–water partition coefficient (Wildman–Crippen LogP) is 4.06. The molecular formula is C25H21N3O3. The van der Waals surface area contributed by atoms with Gasteiger partial charge in [0.1, 0.15) is 17.0 Å². The molecule has 2 aromatic heterocycles. The van der Waals surface area contributed by atoms with Crippen LogP contribution < -0.4 is 14.2 Å². The Hall–Kier alpha value is -4.11. The molecule has 0 aliphatic carbocycles. The van der Waals surface area contributed by atoms with Crippen LogP contribution in [0.1, 0.15) is 17.0 Å². The Morgan fingerprint density at radius 1 is 0.839 bits per heavy atom. The fourth-order valence-electron chi connectivity index (χ4n) is 2.99. The van der Waals surface area contributed by atoms with Crippen LogP contribution in [0.5, 0.6) is 17.4 Å². The molecule has 0 spiro atoms. The van der Waals surface area contributed by atoms with Gasteiger partial charge >= 0.3 is 0 Å². The minimum absolute atomic E-state index is 0.369. The van der Waals surface area contributed by atoms with Crippen LogP contribution in [0.4, 0.5) is 0 Å². The van der Waals surface area contributed by atoms with Crippen molar-refractivity contribution in [2.24, 2.45) is 0 Å². The molecular weight excluding hydrogens is 390 g/mol. The van der Waals surface area contributed by atoms with Gasteiger partial charge in [0.2, 0.25) is 5.88 Å². The average molecular weight is 411 g/mol. The molecule has 4 rings (SSSR count). The lowest BCUT2D eigenvalue weighted by atomic mass is 10.2.